The molecule has 2 saturated heterocycles. The largest absolute Gasteiger partial charge is 0.381 e. The molecule has 1 aromatic carbocycles. The first kappa shape index (κ1) is 13.1. The molecule has 19 heavy (non-hydrogen) atoms. The van der Waals surface area contributed by atoms with Gasteiger partial charge < -0.3 is 10.1 Å². The highest BCUT2D eigenvalue weighted by Crippen LogP contribution is 2.22. The minimum atomic E-state index is 0.339. The molecule has 2 fully saturated rings. The summed E-state index contributed by atoms with van der Waals surface area (Å²) in [4.78, 5) is 0. The van der Waals surface area contributed by atoms with Gasteiger partial charge in [-0.3, -0.25) is 5.43 Å². The van der Waals surface area contributed by atoms with Crippen molar-refractivity contribution in [3.05, 3.63) is 35.9 Å². The molecular formula is C15H23N3O. The zero-order chi connectivity index (χ0) is 13.1. The van der Waals surface area contributed by atoms with Crippen LogP contribution in [0.15, 0.2) is 30.3 Å². The third-order valence-electron chi connectivity index (χ3n) is 4.29. The molecule has 0 aliphatic carbocycles. The zero-order valence-corrected chi connectivity index (χ0v) is 11.4. The van der Waals surface area contributed by atoms with Gasteiger partial charge in [-0.15, -0.1) is 0 Å². The molecule has 4 heteroatoms. The molecule has 2 aliphatic rings. The van der Waals surface area contributed by atoms with Gasteiger partial charge in [0.15, 0.2) is 0 Å². The number of hydrogen-bond donors (Lipinski definition) is 3. The molecule has 3 rings (SSSR count). The molecule has 0 radical (unpaired) electrons. The number of benzene rings is 1. The molecule has 3 N–H and O–H groups in total. The van der Waals surface area contributed by atoms with E-state index in [2.05, 4.69) is 53.4 Å². The van der Waals surface area contributed by atoms with Crippen LogP contribution in [-0.4, -0.2) is 31.8 Å². The summed E-state index contributed by atoms with van der Waals surface area (Å²) in [6, 6.07) is 11.9. The SMILES string of the molecule is CC(NC1CNNC1c1ccccc1)C1CCOC1. The molecule has 104 valence electrons. The summed E-state index contributed by atoms with van der Waals surface area (Å²) in [7, 11) is 0. The minimum Gasteiger partial charge on any atom is -0.381 e. The van der Waals surface area contributed by atoms with Crippen molar-refractivity contribution in [1.82, 2.24) is 16.2 Å². The lowest BCUT2D eigenvalue weighted by Gasteiger charge is -2.27. The predicted molar refractivity (Wildman–Crippen MR) is 75.6 cm³/mol. The lowest BCUT2D eigenvalue weighted by Crippen LogP contribution is -2.45. The van der Waals surface area contributed by atoms with E-state index in [0.717, 1.165) is 19.8 Å². The maximum atomic E-state index is 5.48. The van der Waals surface area contributed by atoms with E-state index in [-0.39, 0.29) is 0 Å². The van der Waals surface area contributed by atoms with Crippen LogP contribution < -0.4 is 16.2 Å². The Balaban J connectivity index is 1.63. The van der Waals surface area contributed by atoms with Crippen molar-refractivity contribution < 1.29 is 4.74 Å². The Morgan fingerprint density at radius 1 is 1.32 bits per heavy atom. The Morgan fingerprint density at radius 3 is 2.89 bits per heavy atom. The summed E-state index contributed by atoms with van der Waals surface area (Å²) in [6.45, 7) is 5.05. The quantitative estimate of drug-likeness (QED) is 0.762. The maximum absolute atomic E-state index is 5.48. The van der Waals surface area contributed by atoms with Gasteiger partial charge >= 0.3 is 0 Å². The van der Waals surface area contributed by atoms with Crippen LogP contribution in [0, 0.1) is 5.92 Å². The Bertz CT molecular complexity index is 392. The third-order valence-corrected chi connectivity index (χ3v) is 4.29. The molecule has 4 nitrogen and oxygen atoms in total. The minimum absolute atomic E-state index is 0.339. The highest BCUT2D eigenvalue weighted by atomic mass is 16.5. The topological polar surface area (TPSA) is 45.3 Å². The van der Waals surface area contributed by atoms with Gasteiger partial charge in [0.1, 0.15) is 0 Å². The van der Waals surface area contributed by atoms with Crippen LogP contribution in [-0.2, 0) is 4.74 Å². The second-order valence-corrected chi connectivity index (χ2v) is 5.60. The monoisotopic (exact) mass is 261 g/mol. The normalized spacial score (nSPS) is 32.6. The average molecular weight is 261 g/mol. The molecule has 2 aliphatic heterocycles. The summed E-state index contributed by atoms with van der Waals surface area (Å²) in [6.07, 6.45) is 1.18. The number of rotatable bonds is 4. The van der Waals surface area contributed by atoms with Crippen LogP contribution >= 0.6 is 0 Å². The van der Waals surface area contributed by atoms with E-state index in [9.17, 15) is 0 Å². The smallest absolute Gasteiger partial charge is 0.0628 e. The summed E-state index contributed by atoms with van der Waals surface area (Å²) in [5, 5.41) is 3.76. The van der Waals surface area contributed by atoms with Gasteiger partial charge in [0.25, 0.3) is 0 Å². The summed E-state index contributed by atoms with van der Waals surface area (Å²) in [5.41, 5.74) is 7.98. The van der Waals surface area contributed by atoms with Gasteiger partial charge in [0, 0.05) is 25.2 Å². The predicted octanol–water partition coefficient (Wildman–Crippen LogP) is 1.22. The van der Waals surface area contributed by atoms with Crippen molar-refractivity contribution in [2.45, 2.75) is 31.5 Å². The van der Waals surface area contributed by atoms with Crippen molar-refractivity contribution in [2.24, 2.45) is 5.92 Å². The zero-order valence-electron chi connectivity index (χ0n) is 11.4. The molecule has 2 heterocycles. The highest BCUT2D eigenvalue weighted by molar-refractivity contribution is 5.21. The van der Waals surface area contributed by atoms with Gasteiger partial charge in [-0.2, -0.15) is 0 Å². The molecule has 0 saturated carbocycles. The number of ether oxygens (including phenoxy) is 1. The molecule has 4 atom stereocenters. The molecular weight excluding hydrogens is 238 g/mol. The number of hydrazine groups is 1. The van der Waals surface area contributed by atoms with E-state index in [4.69, 9.17) is 4.74 Å². The lowest BCUT2D eigenvalue weighted by atomic mass is 9.96. The second-order valence-electron chi connectivity index (χ2n) is 5.60. The Kier molecular flexibility index (Phi) is 4.13. The number of nitrogens with one attached hydrogen (secondary N) is 3. The third kappa shape index (κ3) is 2.98. The summed E-state index contributed by atoms with van der Waals surface area (Å²) >= 11 is 0. The van der Waals surface area contributed by atoms with E-state index in [0.29, 0.717) is 24.0 Å². The molecule has 0 spiro atoms. The molecule has 0 aromatic heterocycles. The van der Waals surface area contributed by atoms with Crippen LogP contribution in [0.5, 0.6) is 0 Å². The first-order valence-electron chi connectivity index (χ1n) is 7.22. The van der Waals surface area contributed by atoms with Crippen molar-refractivity contribution in [2.75, 3.05) is 19.8 Å². The van der Waals surface area contributed by atoms with Crippen LogP contribution in [0.3, 0.4) is 0 Å². The van der Waals surface area contributed by atoms with Crippen molar-refractivity contribution >= 4 is 0 Å². The van der Waals surface area contributed by atoms with Gasteiger partial charge in [0.2, 0.25) is 0 Å². The van der Waals surface area contributed by atoms with Crippen molar-refractivity contribution in [3.63, 3.8) is 0 Å². The van der Waals surface area contributed by atoms with E-state index in [1.165, 1.54) is 12.0 Å². The second kappa shape index (κ2) is 6.01. The number of hydrogen-bond acceptors (Lipinski definition) is 4. The standard InChI is InChI=1S/C15H23N3O/c1-11(13-7-8-19-10-13)17-14-9-16-18-15(14)12-5-3-2-4-6-12/h2-6,11,13-18H,7-10H2,1H3. The average Bonchev–Trinajstić information content (AvgIpc) is 3.11. The summed E-state index contributed by atoms with van der Waals surface area (Å²) < 4.78 is 5.48. The lowest BCUT2D eigenvalue weighted by molar-refractivity contribution is 0.176. The Morgan fingerprint density at radius 2 is 2.16 bits per heavy atom. The first-order chi connectivity index (χ1) is 9.34. The fourth-order valence-corrected chi connectivity index (χ4v) is 3.05. The van der Waals surface area contributed by atoms with E-state index in [1.807, 2.05) is 0 Å². The fourth-order valence-electron chi connectivity index (χ4n) is 3.05. The Labute approximate surface area is 114 Å². The first-order valence-corrected chi connectivity index (χ1v) is 7.22. The van der Waals surface area contributed by atoms with Gasteiger partial charge in [-0.1, -0.05) is 30.3 Å². The fraction of sp³-hybridized carbons (Fsp3) is 0.600. The van der Waals surface area contributed by atoms with E-state index in [1.54, 1.807) is 0 Å². The molecule has 1 aromatic rings. The molecule has 0 amide bonds. The van der Waals surface area contributed by atoms with Crippen LogP contribution in [0.25, 0.3) is 0 Å². The summed E-state index contributed by atoms with van der Waals surface area (Å²) in [5.74, 6) is 0.650. The van der Waals surface area contributed by atoms with Crippen molar-refractivity contribution in [1.29, 1.82) is 0 Å². The van der Waals surface area contributed by atoms with Crippen LogP contribution in [0.4, 0.5) is 0 Å². The molecule has 0 bridgehead atoms. The maximum Gasteiger partial charge on any atom is 0.0628 e. The van der Waals surface area contributed by atoms with Gasteiger partial charge in [0.05, 0.1) is 12.6 Å². The van der Waals surface area contributed by atoms with Gasteiger partial charge in [-0.05, 0) is 24.8 Å². The van der Waals surface area contributed by atoms with E-state index >= 15 is 0 Å². The highest BCUT2D eigenvalue weighted by Gasteiger charge is 2.31. The molecule has 4 unspecified atom stereocenters. The van der Waals surface area contributed by atoms with E-state index < -0.39 is 0 Å². The van der Waals surface area contributed by atoms with Crippen LogP contribution in [0.2, 0.25) is 0 Å². The van der Waals surface area contributed by atoms with Crippen LogP contribution in [0.1, 0.15) is 24.9 Å². The van der Waals surface area contributed by atoms with Crippen molar-refractivity contribution in [3.8, 4) is 0 Å². The Hall–Kier alpha value is -0.940. The van der Waals surface area contributed by atoms with Gasteiger partial charge in [-0.25, -0.2) is 5.43 Å².